The van der Waals surface area contributed by atoms with Crippen LogP contribution in [0.3, 0.4) is 0 Å². The lowest BCUT2D eigenvalue weighted by atomic mass is 10.2. The van der Waals surface area contributed by atoms with Crippen molar-refractivity contribution in [1.82, 2.24) is 14.5 Å². The van der Waals surface area contributed by atoms with Crippen LogP contribution < -0.4 is 0 Å². The standard InChI is InChI=1S/C13H9Cl2N3/c14-10-4-2-1-3-9(10)7-18-8-16-11-5-6-12(15)17-13(11)18/h1-6,8H,7H2. The zero-order valence-corrected chi connectivity index (χ0v) is 10.9. The smallest absolute Gasteiger partial charge is 0.161 e. The summed E-state index contributed by atoms with van der Waals surface area (Å²) >= 11 is 12.0. The summed E-state index contributed by atoms with van der Waals surface area (Å²) in [5.74, 6) is 0. The van der Waals surface area contributed by atoms with Crippen LogP contribution in [0.4, 0.5) is 0 Å². The Labute approximate surface area is 114 Å². The van der Waals surface area contributed by atoms with Crippen molar-refractivity contribution in [3.05, 3.63) is 58.5 Å². The van der Waals surface area contributed by atoms with E-state index < -0.39 is 0 Å². The average molecular weight is 278 g/mol. The topological polar surface area (TPSA) is 30.7 Å². The number of benzene rings is 1. The molecular weight excluding hydrogens is 269 g/mol. The Balaban J connectivity index is 2.05. The Hall–Kier alpha value is -1.58. The first kappa shape index (κ1) is 11.5. The molecule has 0 atom stereocenters. The fourth-order valence-corrected chi connectivity index (χ4v) is 2.18. The lowest BCUT2D eigenvalue weighted by Gasteiger charge is -2.05. The molecule has 0 aliphatic rings. The largest absolute Gasteiger partial charge is 0.311 e. The highest BCUT2D eigenvalue weighted by molar-refractivity contribution is 6.31. The van der Waals surface area contributed by atoms with Gasteiger partial charge in [-0.05, 0) is 23.8 Å². The summed E-state index contributed by atoms with van der Waals surface area (Å²) in [4.78, 5) is 8.57. The fourth-order valence-electron chi connectivity index (χ4n) is 1.84. The number of pyridine rings is 1. The summed E-state index contributed by atoms with van der Waals surface area (Å²) in [6.45, 7) is 0.628. The van der Waals surface area contributed by atoms with E-state index in [-0.39, 0.29) is 0 Å². The predicted molar refractivity (Wildman–Crippen MR) is 73.1 cm³/mol. The third-order valence-corrected chi connectivity index (χ3v) is 3.31. The maximum Gasteiger partial charge on any atom is 0.161 e. The molecule has 0 aliphatic carbocycles. The number of rotatable bonds is 2. The van der Waals surface area contributed by atoms with Crippen LogP contribution in [-0.4, -0.2) is 14.5 Å². The van der Waals surface area contributed by atoms with Gasteiger partial charge < -0.3 is 4.57 Å². The maximum atomic E-state index is 6.14. The third-order valence-electron chi connectivity index (χ3n) is 2.73. The van der Waals surface area contributed by atoms with Gasteiger partial charge in [-0.1, -0.05) is 41.4 Å². The van der Waals surface area contributed by atoms with E-state index in [9.17, 15) is 0 Å². The fraction of sp³-hybridized carbons (Fsp3) is 0.0769. The van der Waals surface area contributed by atoms with Gasteiger partial charge in [-0.2, -0.15) is 0 Å². The van der Waals surface area contributed by atoms with E-state index in [1.54, 1.807) is 12.4 Å². The molecule has 3 aromatic rings. The Bertz CT molecular complexity index is 706. The Morgan fingerprint density at radius 3 is 2.72 bits per heavy atom. The van der Waals surface area contributed by atoms with E-state index in [0.717, 1.165) is 21.7 Å². The zero-order chi connectivity index (χ0) is 12.5. The van der Waals surface area contributed by atoms with Crippen molar-refractivity contribution in [2.75, 3.05) is 0 Å². The summed E-state index contributed by atoms with van der Waals surface area (Å²) in [6.07, 6.45) is 1.75. The Morgan fingerprint density at radius 1 is 1.06 bits per heavy atom. The lowest BCUT2D eigenvalue weighted by molar-refractivity contribution is 0.814. The molecule has 3 nitrogen and oxygen atoms in total. The summed E-state index contributed by atoms with van der Waals surface area (Å²) in [7, 11) is 0. The van der Waals surface area contributed by atoms with E-state index >= 15 is 0 Å². The van der Waals surface area contributed by atoms with E-state index in [0.29, 0.717) is 11.7 Å². The molecular formula is C13H9Cl2N3. The van der Waals surface area contributed by atoms with Crippen LogP contribution in [0.25, 0.3) is 11.2 Å². The van der Waals surface area contributed by atoms with E-state index in [2.05, 4.69) is 9.97 Å². The highest BCUT2D eigenvalue weighted by Crippen LogP contribution is 2.19. The van der Waals surface area contributed by atoms with Crippen LogP contribution in [0.15, 0.2) is 42.7 Å². The third kappa shape index (κ3) is 2.07. The van der Waals surface area contributed by atoms with Gasteiger partial charge in [0.25, 0.3) is 0 Å². The zero-order valence-electron chi connectivity index (χ0n) is 9.35. The van der Waals surface area contributed by atoms with Crippen LogP contribution in [0, 0.1) is 0 Å². The van der Waals surface area contributed by atoms with Crippen molar-refractivity contribution in [1.29, 1.82) is 0 Å². The molecule has 0 spiro atoms. The molecule has 90 valence electrons. The molecule has 0 bridgehead atoms. The monoisotopic (exact) mass is 277 g/mol. The first-order chi connectivity index (χ1) is 8.74. The maximum absolute atomic E-state index is 6.14. The van der Waals surface area contributed by atoms with Crippen molar-refractivity contribution in [2.24, 2.45) is 0 Å². The molecule has 1 aromatic carbocycles. The molecule has 5 heteroatoms. The molecule has 18 heavy (non-hydrogen) atoms. The van der Waals surface area contributed by atoms with Gasteiger partial charge in [0.1, 0.15) is 10.7 Å². The van der Waals surface area contributed by atoms with Crippen LogP contribution in [0.2, 0.25) is 10.2 Å². The van der Waals surface area contributed by atoms with Crippen LogP contribution >= 0.6 is 23.2 Å². The van der Waals surface area contributed by atoms with Crippen molar-refractivity contribution in [2.45, 2.75) is 6.54 Å². The minimum absolute atomic E-state index is 0.461. The number of imidazole rings is 1. The van der Waals surface area contributed by atoms with Crippen molar-refractivity contribution < 1.29 is 0 Å². The Morgan fingerprint density at radius 2 is 1.89 bits per heavy atom. The second-order valence-corrected chi connectivity index (χ2v) is 4.74. The summed E-state index contributed by atoms with van der Waals surface area (Å²) in [5.41, 5.74) is 2.62. The van der Waals surface area contributed by atoms with Gasteiger partial charge in [0.2, 0.25) is 0 Å². The summed E-state index contributed by atoms with van der Waals surface area (Å²) in [6, 6.07) is 11.3. The summed E-state index contributed by atoms with van der Waals surface area (Å²) < 4.78 is 1.93. The SMILES string of the molecule is Clc1ccc2ncn(Cc3ccccc3Cl)c2n1. The molecule has 0 unspecified atom stereocenters. The van der Waals surface area contributed by atoms with Gasteiger partial charge in [-0.25, -0.2) is 9.97 Å². The predicted octanol–water partition coefficient (Wildman–Crippen LogP) is 3.79. The molecule has 2 aromatic heterocycles. The molecule has 0 saturated carbocycles. The van der Waals surface area contributed by atoms with Gasteiger partial charge in [-0.3, -0.25) is 0 Å². The second-order valence-electron chi connectivity index (χ2n) is 3.94. The van der Waals surface area contributed by atoms with Crippen LogP contribution in [0.5, 0.6) is 0 Å². The Kier molecular flexibility index (Phi) is 2.94. The van der Waals surface area contributed by atoms with E-state index in [1.165, 1.54) is 0 Å². The highest BCUT2D eigenvalue weighted by Gasteiger charge is 2.07. The first-order valence-corrected chi connectivity index (χ1v) is 6.20. The first-order valence-electron chi connectivity index (χ1n) is 5.45. The number of hydrogen-bond donors (Lipinski definition) is 0. The number of fused-ring (bicyclic) bond motifs is 1. The molecule has 0 amide bonds. The molecule has 3 rings (SSSR count). The van der Waals surface area contributed by atoms with Gasteiger partial charge >= 0.3 is 0 Å². The van der Waals surface area contributed by atoms with Crippen molar-refractivity contribution in [3.63, 3.8) is 0 Å². The highest BCUT2D eigenvalue weighted by atomic mass is 35.5. The van der Waals surface area contributed by atoms with Gasteiger partial charge in [-0.15, -0.1) is 0 Å². The molecule has 0 radical (unpaired) electrons. The number of nitrogens with zero attached hydrogens (tertiary/aromatic N) is 3. The number of aromatic nitrogens is 3. The van der Waals surface area contributed by atoms with Gasteiger partial charge in [0, 0.05) is 5.02 Å². The minimum atomic E-state index is 0.461. The quantitative estimate of drug-likeness (QED) is 0.668. The van der Waals surface area contributed by atoms with Crippen LogP contribution in [-0.2, 0) is 6.54 Å². The van der Waals surface area contributed by atoms with E-state index in [4.69, 9.17) is 23.2 Å². The lowest BCUT2D eigenvalue weighted by Crippen LogP contribution is -1.99. The average Bonchev–Trinajstić information content (AvgIpc) is 2.75. The van der Waals surface area contributed by atoms with Crippen molar-refractivity contribution in [3.8, 4) is 0 Å². The summed E-state index contributed by atoms with van der Waals surface area (Å²) in [5, 5.41) is 1.20. The molecule has 0 saturated heterocycles. The van der Waals surface area contributed by atoms with Gasteiger partial charge in [0.15, 0.2) is 5.65 Å². The molecule has 2 heterocycles. The molecule has 0 aliphatic heterocycles. The van der Waals surface area contributed by atoms with Crippen molar-refractivity contribution >= 4 is 34.4 Å². The minimum Gasteiger partial charge on any atom is -0.311 e. The molecule has 0 fully saturated rings. The molecule has 0 N–H and O–H groups in total. The second kappa shape index (κ2) is 4.59. The number of hydrogen-bond acceptors (Lipinski definition) is 2. The normalized spacial score (nSPS) is 11.0. The number of halogens is 2. The van der Waals surface area contributed by atoms with Crippen LogP contribution in [0.1, 0.15) is 5.56 Å². The van der Waals surface area contributed by atoms with Gasteiger partial charge in [0.05, 0.1) is 12.9 Å². The van der Waals surface area contributed by atoms with E-state index in [1.807, 2.05) is 34.9 Å².